The molecule has 0 aromatic heterocycles. The van der Waals surface area contributed by atoms with Gasteiger partial charge in [0.05, 0.1) is 11.3 Å². The highest BCUT2D eigenvalue weighted by Crippen LogP contribution is 2.41. The maximum Gasteiger partial charge on any atom is 0.391 e. The van der Waals surface area contributed by atoms with Crippen LogP contribution in [0.1, 0.15) is 51.9 Å². The molecule has 1 N–H and O–H groups in total. The van der Waals surface area contributed by atoms with Crippen LogP contribution in [0.15, 0.2) is 0 Å². The first-order chi connectivity index (χ1) is 9.78. The average molecular weight is 307 g/mol. The minimum Gasteiger partial charge on any atom is -0.481 e. The van der Waals surface area contributed by atoms with Gasteiger partial charge >= 0.3 is 12.1 Å². The fourth-order valence-corrected chi connectivity index (χ4v) is 3.86. The number of aliphatic carboxylic acids is 1. The SMILES string of the molecule is CCC1(C(=O)O)CCCN(C2CCC(C(F)(F)F)CC2)C1. The highest BCUT2D eigenvalue weighted by atomic mass is 19.4. The van der Waals surface area contributed by atoms with E-state index in [-0.39, 0.29) is 18.9 Å². The molecule has 0 aromatic rings. The predicted molar refractivity (Wildman–Crippen MR) is 73.0 cm³/mol. The van der Waals surface area contributed by atoms with Crippen LogP contribution in [0.2, 0.25) is 0 Å². The highest BCUT2D eigenvalue weighted by molar-refractivity contribution is 5.75. The first kappa shape index (κ1) is 16.6. The summed E-state index contributed by atoms with van der Waals surface area (Å²) in [6.45, 7) is 3.19. The number of piperidine rings is 1. The van der Waals surface area contributed by atoms with Gasteiger partial charge in [0.2, 0.25) is 0 Å². The van der Waals surface area contributed by atoms with Crippen molar-refractivity contribution in [1.82, 2.24) is 4.90 Å². The number of halogens is 3. The summed E-state index contributed by atoms with van der Waals surface area (Å²) >= 11 is 0. The van der Waals surface area contributed by atoms with Gasteiger partial charge in [-0.1, -0.05) is 6.92 Å². The van der Waals surface area contributed by atoms with E-state index in [0.29, 0.717) is 32.2 Å². The Balaban J connectivity index is 1.96. The lowest BCUT2D eigenvalue weighted by Gasteiger charge is -2.45. The van der Waals surface area contributed by atoms with Crippen molar-refractivity contribution in [2.45, 2.75) is 64.1 Å². The quantitative estimate of drug-likeness (QED) is 0.864. The molecule has 0 amide bonds. The Morgan fingerprint density at radius 1 is 1.29 bits per heavy atom. The molecule has 1 unspecified atom stereocenters. The lowest BCUT2D eigenvalue weighted by molar-refractivity contribution is -0.185. The molecular weight excluding hydrogens is 283 g/mol. The molecule has 1 heterocycles. The summed E-state index contributed by atoms with van der Waals surface area (Å²) in [6.07, 6.45) is -0.592. The molecule has 3 nitrogen and oxygen atoms in total. The first-order valence-electron chi connectivity index (χ1n) is 7.82. The fourth-order valence-electron chi connectivity index (χ4n) is 3.86. The molecule has 1 saturated carbocycles. The molecular formula is C15H24F3NO2. The van der Waals surface area contributed by atoms with E-state index < -0.39 is 23.5 Å². The van der Waals surface area contributed by atoms with E-state index >= 15 is 0 Å². The number of hydrogen-bond donors (Lipinski definition) is 1. The topological polar surface area (TPSA) is 40.5 Å². The molecule has 1 atom stereocenters. The summed E-state index contributed by atoms with van der Waals surface area (Å²) in [5, 5.41) is 9.48. The Morgan fingerprint density at radius 2 is 1.90 bits per heavy atom. The van der Waals surface area contributed by atoms with Gasteiger partial charge in [0, 0.05) is 12.6 Å². The van der Waals surface area contributed by atoms with Crippen molar-refractivity contribution in [2.75, 3.05) is 13.1 Å². The molecule has 2 fully saturated rings. The van der Waals surface area contributed by atoms with Gasteiger partial charge in [0.1, 0.15) is 0 Å². The molecule has 2 aliphatic rings. The second-order valence-corrected chi connectivity index (χ2v) is 6.56. The molecule has 0 bridgehead atoms. The van der Waals surface area contributed by atoms with Gasteiger partial charge in [-0.3, -0.25) is 9.69 Å². The summed E-state index contributed by atoms with van der Waals surface area (Å²) < 4.78 is 38.1. The number of likely N-dealkylation sites (tertiary alicyclic amines) is 1. The second kappa shape index (κ2) is 6.15. The molecule has 0 radical (unpaired) electrons. The van der Waals surface area contributed by atoms with Crippen LogP contribution < -0.4 is 0 Å². The number of hydrogen-bond acceptors (Lipinski definition) is 2. The lowest BCUT2D eigenvalue weighted by Crippen LogP contribution is -2.52. The normalized spacial score (nSPS) is 35.6. The van der Waals surface area contributed by atoms with E-state index in [4.69, 9.17) is 0 Å². The zero-order valence-corrected chi connectivity index (χ0v) is 12.5. The Hall–Kier alpha value is -0.780. The van der Waals surface area contributed by atoms with E-state index in [0.717, 1.165) is 13.0 Å². The van der Waals surface area contributed by atoms with Gasteiger partial charge < -0.3 is 5.11 Å². The summed E-state index contributed by atoms with van der Waals surface area (Å²) in [6, 6.07) is 0.120. The van der Waals surface area contributed by atoms with E-state index in [1.165, 1.54) is 0 Å². The Bertz CT molecular complexity index is 378. The number of carboxylic acids is 1. The van der Waals surface area contributed by atoms with Crippen LogP contribution in [0.4, 0.5) is 13.2 Å². The van der Waals surface area contributed by atoms with Crippen LogP contribution in [-0.2, 0) is 4.79 Å². The molecule has 1 aliphatic carbocycles. The number of carboxylic acid groups (broad SMARTS) is 1. The van der Waals surface area contributed by atoms with Crippen molar-refractivity contribution in [3.05, 3.63) is 0 Å². The van der Waals surface area contributed by atoms with Crippen LogP contribution in [0.25, 0.3) is 0 Å². The molecule has 1 saturated heterocycles. The molecule has 0 aromatic carbocycles. The average Bonchev–Trinajstić information content (AvgIpc) is 2.46. The maximum absolute atomic E-state index is 12.7. The van der Waals surface area contributed by atoms with Crippen LogP contribution in [0, 0.1) is 11.3 Å². The van der Waals surface area contributed by atoms with Crippen LogP contribution >= 0.6 is 0 Å². The predicted octanol–water partition coefficient (Wildman–Crippen LogP) is 3.68. The second-order valence-electron chi connectivity index (χ2n) is 6.56. The molecule has 0 spiro atoms. The van der Waals surface area contributed by atoms with E-state index in [9.17, 15) is 23.1 Å². The minimum absolute atomic E-state index is 0.120. The van der Waals surface area contributed by atoms with Crippen LogP contribution in [0.5, 0.6) is 0 Å². The third-order valence-electron chi connectivity index (χ3n) is 5.41. The van der Waals surface area contributed by atoms with Gasteiger partial charge in [-0.2, -0.15) is 13.2 Å². The van der Waals surface area contributed by atoms with Crippen molar-refractivity contribution >= 4 is 5.97 Å². The van der Waals surface area contributed by atoms with Gasteiger partial charge in [0.15, 0.2) is 0 Å². The third kappa shape index (κ3) is 3.52. The smallest absolute Gasteiger partial charge is 0.391 e. The summed E-state index contributed by atoms with van der Waals surface area (Å²) in [7, 11) is 0. The van der Waals surface area contributed by atoms with Gasteiger partial charge in [-0.05, 0) is 51.5 Å². The first-order valence-corrected chi connectivity index (χ1v) is 7.82. The highest BCUT2D eigenvalue weighted by Gasteiger charge is 2.45. The molecule has 1 aliphatic heterocycles. The van der Waals surface area contributed by atoms with E-state index in [1.807, 2.05) is 6.92 Å². The summed E-state index contributed by atoms with van der Waals surface area (Å²) in [5.41, 5.74) is -0.709. The number of carbonyl (C=O) groups is 1. The van der Waals surface area contributed by atoms with Crippen LogP contribution in [-0.4, -0.2) is 41.3 Å². The van der Waals surface area contributed by atoms with Crippen LogP contribution in [0.3, 0.4) is 0 Å². The molecule has 21 heavy (non-hydrogen) atoms. The minimum atomic E-state index is -4.08. The largest absolute Gasteiger partial charge is 0.481 e. The van der Waals surface area contributed by atoms with Crippen molar-refractivity contribution in [2.24, 2.45) is 11.3 Å². The molecule has 2 rings (SSSR count). The fraction of sp³-hybridized carbons (Fsp3) is 0.933. The van der Waals surface area contributed by atoms with Crippen molar-refractivity contribution in [1.29, 1.82) is 0 Å². The Kier molecular flexibility index (Phi) is 4.85. The van der Waals surface area contributed by atoms with E-state index in [2.05, 4.69) is 4.90 Å². The van der Waals surface area contributed by atoms with Crippen molar-refractivity contribution in [3.8, 4) is 0 Å². The standard InChI is InChI=1S/C15H24F3NO2/c1-2-14(13(20)21)8-3-9-19(10-14)12-6-4-11(5-7-12)15(16,17)18/h11-12H,2-10H2,1H3,(H,20,21). The zero-order valence-electron chi connectivity index (χ0n) is 12.5. The number of rotatable bonds is 3. The maximum atomic E-state index is 12.7. The molecule has 122 valence electrons. The Morgan fingerprint density at radius 3 is 2.38 bits per heavy atom. The number of alkyl halides is 3. The third-order valence-corrected chi connectivity index (χ3v) is 5.41. The zero-order chi connectivity index (χ0) is 15.7. The van der Waals surface area contributed by atoms with Crippen molar-refractivity contribution < 1.29 is 23.1 Å². The lowest BCUT2D eigenvalue weighted by atomic mass is 9.76. The van der Waals surface area contributed by atoms with Gasteiger partial charge in [-0.25, -0.2) is 0 Å². The molecule has 6 heteroatoms. The summed E-state index contributed by atoms with van der Waals surface area (Å²) in [5.74, 6) is -1.94. The monoisotopic (exact) mass is 307 g/mol. The van der Waals surface area contributed by atoms with Gasteiger partial charge in [0.25, 0.3) is 0 Å². The summed E-state index contributed by atoms with van der Waals surface area (Å²) in [4.78, 5) is 13.7. The number of nitrogens with zero attached hydrogens (tertiary/aromatic N) is 1. The van der Waals surface area contributed by atoms with E-state index in [1.54, 1.807) is 0 Å². The Labute approximate surface area is 123 Å². The van der Waals surface area contributed by atoms with Gasteiger partial charge in [-0.15, -0.1) is 0 Å². The van der Waals surface area contributed by atoms with Crippen molar-refractivity contribution in [3.63, 3.8) is 0 Å².